The van der Waals surface area contributed by atoms with Crippen molar-refractivity contribution in [1.29, 1.82) is 5.26 Å². The van der Waals surface area contributed by atoms with Crippen LogP contribution in [0.2, 0.25) is 0 Å². The molecule has 0 spiro atoms. The molecule has 0 N–H and O–H groups in total. The summed E-state index contributed by atoms with van der Waals surface area (Å²) in [6.45, 7) is 3.50. The molecule has 1 aromatic heterocycles. The maximum Gasteiger partial charge on any atom is 0.271 e. The van der Waals surface area contributed by atoms with Crippen molar-refractivity contribution in [3.8, 4) is 11.8 Å². The zero-order chi connectivity index (χ0) is 13.3. The molecule has 0 saturated heterocycles. The number of aryl methyl sites for hydroxylation is 1. The van der Waals surface area contributed by atoms with Crippen LogP contribution in [-0.4, -0.2) is 19.9 Å². The number of benzene rings is 1. The minimum atomic E-state index is -0.472. The van der Waals surface area contributed by atoms with E-state index in [9.17, 15) is 10.1 Å². The number of nitriles is 1. The summed E-state index contributed by atoms with van der Waals surface area (Å²) in [5.41, 5.74) is 2.11. The van der Waals surface area contributed by atoms with Gasteiger partial charge < -0.3 is 0 Å². The smallest absolute Gasteiger partial charge is 0.258 e. The van der Waals surface area contributed by atoms with Gasteiger partial charge in [-0.05, 0) is 19.4 Å². The Bertz CT molecular complexity index is 669. The van der Waals surface area contributed by atoms with Crippen molar-refractivity contribution in [2.75, 3.05) is 0 Å². The Morgan fingerprint density at radius 2 is 2.17 bits per heavy atom. The van der Waals surface area contributed by atoms with E-state index in [1.807, 2.05) is 13.0 Å². The highest BCUT2D eigenvalue weighted by molar-refractivity contribution is 5.49. The van der Waals surface area contributed by atoms with Gasteiger partial charge in [0.2, 0.25) is 0 Å². The molecule has 0 unspecified atom stereocenters. The average Bonchev–Trinajstić information content (AvgIpc) is 2.70. The highest BCUT2D eigenvalue weighted by atomic mass is 16.6. The zero-order valence-electron chi connectivity index (χ0n) is 9.78. The second kappa shape index (κ2) is 4.25. The van der Waals surface area contributed by atoms with E-state index in [-0.39, 0.29) is 11.4 Å². The predicted molar refractivity (Wildman–Crippen MR) is 62.2 cm³/mol. The number of aromatic nitrogens is 3. The van der Waals surface area contributed by atoms with Gasteiger partial charge in [-0.1, -0.05) is 11.3 Å². The molecule has 0 radical (unpaired) electrons. The fraction of sp³-hybridized carbons (Fsp3) is 0.182. The highest BCUT2D eigenvalue weighted by Crippen LogP contribution is 2.21. The quantitative estimate of drug-likeness (QED) is 0.590. The van der Waals surface area contributed by atoms with Crippen molar-refractivity contribution < 1.29 is 4.92 Å². The minimum absolute atomic E-state index is 0.0241. The summed E-state index contributed by atoms with van der Waals surface area (Å²) in [7, 11) is 0. The monoisotopic (exact) mass is 243 g/mol. The van der Waals surface area contributed by atoms with Crippen LogP contribution >= 0.6 is 0 Å². The van der Waals surface area contributed by atoms with Crippen molar-refractivity contribution in [1.82, 2.24) is 15.0 Å². The first-order chi connectivity index (χ1) is 8.54. The summed E-state index contributed by atoms with van der Waals surface area (Å²) in [5, 5.41) is 27.1. The fourth-order valence-corrected chi connectivity index (χ4v) is 1.60. The lowest BCUT2D eigenvalue weighted by molar-refractivity contribution is -0.384. The normalized spacial score (nSPS) is 10.1. The van der Waals surface area contributed by atoms with Crippen molar-refractivity contribution in [3.63, 3.8) is 0 Å². The topological polar surface area (TPSA) is 97.6 Å². The Morgan fingerprint density at radius 3 is 2.72 bits per heavy atom. The zero-order valence-corrected chi connectivity index (χ0v) is 9.78. The standard InChI is InChI=1S/C11H9N5O2/c1-7-3-4-9(16(17)18)5-11(7)15-8(2)10(6-12)13-14-15/h3-5H,1-2H3. The van der Waals surface area contributed by atoms with Gasteiger partial charge in [-0.25, -0.2) is 4.68 Å². The molecule has 0 bridgehead atoms. The summed E-state index contributed by atoms with van der Waals surface area (Å²) in [6, 6.07) is 6.40. The molecule has 18 heavy (non-hydrogen) atoms. The molecule has 0 saturated carbocycles. The minimum Gasteiger partial charge on any atom is -0.258 e. The molecule has 7 nitrogen and oxygen atoms in total. The summed E-state index contributed by atoms with van der Waals surface area (Å²) in [4.78, 5) is 10.3. The predicted octanol–water partition coefficient (Wildman–Crippen LogP) is 1.66. The molecule has 90 valence electrons. The van der Waals surface area contributed by atoms with E-state index < -0.39 is 4.92 Å². The maximum absolute atomic E-state index is 10.7. The number of non-ortho nitro benzene ring substituents is 1. The first-order valence-electron chi connectivity index (χ1n) is 5.12. The van der Waals surface area contributed by atoms with Gasteiger partial charge in [0.25, 0.3) is 5.69 Å². The Labute approximate surface area is 102 Å². The number of hydrogen-bond acceptors (Lipinski definition) is 5. The second-order valence-electron chi connectivity index (χ2n) is 3.77. The molecule has 0 fully saturated rings. The molecule has 1 heterocycles. The Hall–Kier alpha value is -2.75. The van der Waals surface area contributed by atoms with Gasteiger partial charge in [0.15, 0.2) is 5.69 Å². The third-order valence-electron chi connectivity index (χ3n) is 2.63. The van der Waals surface area contributed by atoms with Crippen LogP contribution in [0, 0.1) is 35.3 Å². The molecular formula is C11H9N5O2. The van der Waals surface area contributed by atoms with Crippen LogP contribution in [-0.2, 0) is 0 Å². The van der Waals surface area contributed by atoms with E-state index in [0.29, 0.717) is 11.4 Å². The van der Waals surface area contributed by atoms with Crippen LogP contribution < -0.4 is 0 Å². The van der Waals surface area contributed by atoms with E-state index in [4.69, 9.17) is 5.26 Å². The van der Waals surface area contributed by atoms with Gasteiger partial charge in [0.1, 0.15) is 6.07 Å². The van der Waals surface area contributed by atoms with Crippen LogP contribution in [0.5, 0.6) is 0 Å². The van der Waals surface area contributed by atoms with Crippen LogP contribution in [0.25, 0.3) is 5.69 Å². The largest absolute Gasteiger partial charge is 0.271 e. The first kappa shape index (κ1) is 11.7. The molecule has 7 heteroatoms. The van der Waals surface area contributed by atoms with Crippen LogP contribution in [0.1, 0.15) is 17.0 Å². The molecule has 0 amide bonds. The highest BCUT2D eigenvalue weighted by Gasteiger charge is 2.14. The molecule has 0 atom stereocenters. The lowest BCUT2D eigenvalue weighted by Gasteiger charge is -2.06. The van der Waals surface area contributed by atoms with Gasteiger partial charge >= 0.3 is 0 Å². The summed E-state index contributed by atoms with van der Waals surface area (Å²) < 4.78 is 1.43. The molecule has 0 aliphatic heterocycles. The maximum atomic E-state index is 10.7. The number of nitro groups is 1. The van der Waals surface area contributed by atoms with Gasteiger partial charge in [-0.2, -0.15) is 5.26 Å². The van der Waals surface area contributed by atoms with Crippen molar-refractivity contribution in [3.05, 3.63) is 45.3 Å². The summed E-state index contributed by atoms with van der Waals surface area (Å²) in [5.74, 6) is 0. The molecule has 2 aromatic rings. The molecule has 2 rings (SSSR count). The van der Waals surface area contributed by atoms with Gasteiger partial charge in [-0.3, -0.25) is 10.1 Å². The number of rotatable bonds is 2. The average molecular weight is 243 g/mol. The van der Waals surface area contributed by atoms with E-state index in [2.05, 4.69) is 10.3 Å². The molecule has 1 aromatic carbocycles. The fourth-order valence-electron chi connectivity index (χ4n) is 1.60. The number of nitrogens with zero attached hydrogens (tertiary/aromatic N) is 5. The van der Waals surface area contributed by atoms with Crippen LogP contribution in [0.4, 0.5) is 5.69 Å². The number of nitro benzene ring substituents is 1. The molecular weight excluding hydrogens is 234 g/mol. The second-order valence-corrected chi connectivity index (χ2v) is 3.77. The van der Waals surface area contributed by atoms with E-state index in [1.165, 1.54) is 16.8 Å². The SMILES string of the molecule is Cc1ccc([N+](=O)[O-])cc1-n1nnc(C#N)c1C. The van der Waals surface area contributed by atoms with Crippen molar-refractivity contribution in [2.24, 2.45) is 0 Å². The van der Waals surface area contributed by atoms with Gasteiger partial charge in [0, 0.05) is 12.1 Å². The van der Waals surface area contributed by atoms with Crippen LogP contribution in [0.3, 0.4) is 0 Å². The summed E-state index contributed by atoms with van der Waals surface area (Å²) in [6.07, 6.45) is 0. The van der Waals surface area contributed by atoms with Crippen LogP contribution in [0.15, 0.2) is 18.2 Å². The lowest BCUT2D eigenvalue weighted by atomic mass is 10.2. The van der Waals surface area contributed by atoms with Crippen molar-refractivity contribution >= 4 is 5.69 Å². The Kier molecular flexibility index (Phi) is 2.77. The van der Waals surface area contributed by atoms with Gasteiger partial charge in [0.05, 0.1) is 16.3 Å². The lowest BCUT2D eigenvalue weighted by Crippen LogP contribution is -2.03. The third kappa shape index (κ3) is 1.80. The number of hydrogen-bond donors (Lipinski definition) is 0. The summed E-state index contributed by atoms with van der Waals surface area (Å²) >= 11 is 0. The van der Waals surface area contributed by atoms with E-state index in [1.54, 1.807) is 13.0 Å². The van der Waals surface area contributed by atoms with Gasteiger partial charge in [-0.15, -0.1) is 5.10 Å². The Morgan fingerprint density at radius 1 is 1.44 bits per heavy atom. The van der Waals surface area contributed by atoms with E-state index in [0.717, 1.165) is 5.56 Å². The third-order valence-corrected chi connectivity index (χ3v) is 2.63. The Balaban J connectivity index is 2.63. The van der Waals surface area contributed by atoms with E-state index >= 15 is 0 Å². The first-order valence-corrected chi connectivity index (χ1v) is 5.12. The van der Waals surface area contributed by atoms with Crippen molar-refractivity contribution in [2.45, 2.75) is 13.8 Å². The molecule has 0 aliphatic rings. The molecule has 0 aliphatic carbocycles.